The predicted molar refractivity (Wildman–Crippen MR) is 49.8 cm³/mol. The van der Waals surface area contributed by atoms with E-state index in [4.69, 9.17) is 5.73 Å². The summed E-state index contributed by atoms with van der Waals surface area (Å²) in [6.07, 6.45) is -0.590. The zero-order chi connectivity index (χ0) is 13.2. The Kier molecular flexibility index (Phi) is 4.06. The summed E-state index contributed by atoms with van der Waals surface area (Å²) in [6.45, 7) is 0. The molecule has 0 heterocycles. The van der Waals surface area contributed by atoms with Crippen molar-refractivity contribution in [2.75, 3.05) is 7.11 Å². The van der Waals surface area contributed by atoms with Gasteiger partial charge in [0.2, 0.25) is 0 Å². The molecule has 17 heavy (non-hydrogen) atoms. The Morgan fingerprint density at radius 3 is 2.18 bits per heavy atom. The van der Waals surface area contributed by atoms with E-state index in [-0.39, 0.29) is 6.07 Å². The van der Waals surface area contributed by atoms with E-state index in [1.807, 2.05) is 0 Å². The fraction of sp³-hybridized carbons (Fsp3) is 0.300. The first-order valence-corrected chi connectivity index (χ1v) is 4.53. The molecule has 0 aliphatic rings. The van der Waals surface area contributed by atoms with Crippen molar-refractivity contribution >= 4 is 5.97 Å². The highest BCUT2D eigenvalue weighted by atomic mass is 19.2. The number of rotatable bonds is 3. The van der Waals surface area contributed by atoms with Crippen LogP contribution in [-0.4, -0.2) is 13.1 Å². The summed E-state index contributed by atoms with van der Waals surface area (Å²) in [5, 5.41) is 0. The molecule has 0 saturated carbocycles. The molecule has 1 aromatic rings. The van der Waals surface area contributed by atoms with Gasteiger partial charge in [0.15, 0.2) is 23.3 Å². The van der Waals surface area contributed by atoms with E-state index in [1.54, 1.807) is 0 Å². The first kappa shape index (κ1) is 13.4. The van der Waals surface area contributed by atoms with Gasteiger partial charge in [-0.2, -0.15) is 0 Å². The summed E-state index contributed by atoms with van der Waals surface area (Å²) in [5.74, 6) is -7.21. The topological polar surface area (TPSA) is 52.3 Å². The number of hydrogen-bond acceptors (Lipinski definition) is 3. The minimum atomic E-state index is -1.61. The van der Waals surface area contributed by atoms with Gasteiger partial charge in [-0.25, -0.2) is 17.6 Å². The maximum atomic E-state index is 13.2. The van der Waals surface area contributed by atoms with E-state index in [0.29, 0.717) is 0 Å². The van der Waals surface area contributed by atoms with Crippen LogP contribution in [0.3, 0.4) is 0 Å². The van der Waals surface area contributed by atoms with E-state index < -0.39 is 47.3 Å². The van der Waals surface area contributed by atoms with E-state index in [9.17, 15) is 22.4 Å². The number of methoxy groups -OCH3 is 1. The molecule has 0 spiro atoms. The van der Waals surface area contributed by atoms with Gasteiger partial charge in [0, 0.05) is 17.7 Å². The van der Waals surface area contributed by atoms with E-state index >= 15 is 0 Å². The molecule has 0 aliphatic carbocycles. The van der Waals surface area contributed by atoms with Crippen LogP contribution in [0.15, 0.2) is 6.07 Å². The molecule has 94 valence electrons. The third kappa shape index (κ3) is 2.73. The second kappa shape index (κ2) is 5.13. The Hall–Kier alpha value is -1.63. The first-order valence-electron chi connectivity index (χ1n) is 4.53. The van der Waals surface area contributed by atoms with Gasteiger partial charge >= 0.3 is 5.97 Å². The van der Waals surface area contributed by atoms with Crippen molar-refractivity contribution in [2.24, 2.45) is 5.73 Å². The fourth-order valence-electron chi connectivity index (χ4n) is 1.28. The molecule has 1 rings (SSSR count). The van der Waals surface area contributed by atoms with E-state index in [0.717, 1.165) is 7.11 Å². The first-order chi connectivity index (χ1) is 7.88. The van der Waals surface area contributed by atoms with Crippen molar-refractivity contribution in [3.63, 3.8) is 0 Å². The normalized spacial score (nSPS) is 12.4. The standard InChI is InChI=1S/C10H9F4NO2/c1-17-7(16)3-6(15)8-9(13)4(11)2-5(12)10(8)14/h2,6H,3,15H2,1H3/t6-/m0/s1. The molecule has 0 bridgehead atoms. The van der Waals surface area contributed by atoms with Crippen molar-refractivity contribution in [1.29, 1.82) is 0 Å². The molecule has 2 N–H and O–H groups in total. The van der Waals surface area contributed by atoms with Gasteiger partial charge in [-0.3, -0.25) is 4.79 Å². The van der Waals surface area contributed by atoms with Crippen LogP contribution in [-0.2, 0) is 9.53 Å². The van der Waals surface area contributed by atoms with Gasteiger partial charge in [-0.15, -0.1) is 0 Å². The number of carbonyl (C=O) groups excluding carboxylic acids is 1. The van der Waals surface area contributed by atoms with Crippen LogP contribution in [0, 0.1) is 23.3 Å². The molecule has 1 atom stereocenters. The predicted octanol–water partition coefficient (Wildman–Crippen LogP) is 1.81. The van der Waals surface area contributed by atoms with Crippen molar-refractivity contribution < 1.29 is 27.1 Å². The van der Waals surface area contributed by atoms with E-state index in [1.165, 1.54) is 0 Å². The summed E-state index contributed by atoms with van der Waals surface area (Å²) in [5.41, 5.74) is 4.29. The lowest BCUT2D eigenvalue weighted by Gasteiger charge is -2.13. The molecule has 7 heteroatoms. The summed E-state index contributed by atoms with van der Waals surface area (Å²) < 4.78 is 56.4. The summed E-state index contributed by atoms with van der Waals surface area (Å²) in [4.78, 5) is 10.9. The maximum absolute atomic E-state index is 13.2. The summed E-state index contributed by atoms with van der Waals surface area (Å²) >= 11 is 0. The zero-order valence-electron chi connectivity index (χ0n) is 8.77. The molecule has 0 saturated heterocycles. The molecule has 0 radical (unpaired) electrons. The molecule has 0 aliphatic heterocycles. The smallest absolute Gasteiger partial charge is 0.307 e. The van der Waals surface area contributed by atoms with Gasteiger partial charge in [-0.05, 0) is 0 Å². The Bertz CT molecular complexity index is 424. The Morgan fingerprint density at radius 1 is 1.29 bits per heavy atom. The minimum Gasteiger partial charge on any atom is -0.469 e. The Labute approximate surface area is 94.2 Å². The van der Waals surface area contributed by atoms with Crippen LogP contribution in [0.5, 0.6) is 0 Å². The Balaban J connectivity index is 3.16. The largest absolute Gasteiger partial charge is 0.469 e. The monoisotopic (exact) mass is 251 g/mol. The number of esters is 1. The molecule has 3 nitrogen and oxygen atoms in total. The minimum absolute atomic E-state index is 0.0685. The SMILES string of the molecule is COC(=O)C[C@H](N)c1c(F)c(F)cc(F)c1F. The van der Waals surface area contributed by atoms with Crippen molar-refractivity contribution in [3.8, 4) is 0 Å². The highest BCUT2D eigenvalue weighted by Gasteiger charge is 2.25. The number of nitrogens with two attached hydrogens (primary N) is 1. The van der Waals surface area contributed by atoms with Gasteiger partial charge < -0.3 is 10.5 Å². The highest BCUT2D eigenvalue weighted by molar-refractivity contribution is 5.70. The second-order valence-corrected chi connectivity index (χ2v) is 3.27. The highest BCUT2D eigenvalue weighted by Crippen LogP contribution is 2.25. The third-order valence-electron chi connectivity index (χ3n) is 2.13. The Morgan fingerprint density at radius 2 is 1.76 bits per heavy atom. The summed E-state index contributed by atoms with van der Waals surface area (Å²) in [7, 11) is 1.05. The summed E-state index contributed by atoms with van der Waals surface area (Å²) in [6, 6.07) is -1.45. The van der Waals surface area contributed by atoms with Gasteiger partial charge in [0.25, 0.3) is 0 Å². The number of ether oxygens (including phenoxy) is 1. The van der Waals surface area contributed by atoms with Crippen molar-refractivity contribution in [2.45, 2.75) is 12.5 Å². The zero-order valence-corrected chi connectivity index (χ0v) is 8.77. The van der Waals surface area contributed by atoms with Crippen LogP contribution in [0.25, 0.3) is 0 Å². The lowest BCUT2D eigenvalue weighted by Crippen LogP contribution is -2.20. The third-order valence-corrected chi connectivity index (χ3v) is 2.13. The maximum Gasteiger partial charge on any atom is 0.307 e. The number of halogens is 4. The van der Waals surface area contributed by atoms with Crippen LogP contribution >= 0.6 is 0 Å². The fourth-order valence-corrected chi connectivity index (χ4v) is 1.28. The van der Waals surface area contributed by atoms with Crippen LogP contribution in [0.2, 0.25) is 0 Å². The molecule has 0 unspecified atom stereocenters. The number of carbonyl (C=O) groups is 1. The molecular weight excluding hydrogens is 242 g/mol. The lowest BCUT2D eigenvalue weighted by atomic mass is 10.0. The van der Waals surface area contributed by atoms with Gasteiger partial charge in [0.05, 0.1) is 13.5 Å². The van der Waals surface area contributed by atoms with Crippen LogP contribution in [0.1, 0.15) is 18.0 Å². The van der Waals surface area contributed by atoms with Gasteiger partial charge in [0.1, 0.15) is 0 Å². The average Bonchev–Trinajstić information content (AvgIpc) is 2.26. The van der Waals surface area contributed by atoms with E-state index in [2.05, 4.69) is 4.74 Å². The number of benzene rings is 1. The lowest BCUT2D eigenvalue weighted by molar-refractivity contribution is -0.141. The van der Waals surface area contributed by atoms with Gasteiger partial charge in [-0.1, -0.05) is 0 Å². The average molecular weight is 251 g/mol. The van der Waals surface area contributed by atoms with Crippen molar-refractivity contribution in [3.05, 3.63) is 34.9 Å². The van der Waals surface area contributed by atoms with Crippen LogP contribution in [0.4, 0.5) is 17.6 Å². The second-order valence-electron chi connectivity index (χ2n) is 3.27. The number of hydrogen-bond donors (Lipinski definition) is 1. The van der Waals surface area contributed by atoms with Crippen molar-refractivity contribution in [1.82, 2.24) is 0 Å². The quantitative estimate of drug-likeness (QED) is 0.506. The molecule has 0 fully saturated rings. The molecule has 0 aromatic heterocycles. The molecular formula is C10H9F4NO2. The molecule has 1 aromatic carbocycles. The van der Waals surface area contributed by atoms with Crippen LogP contribution < -0.4 is 5.73 Å². The molecule has 0 amide bonds.